The van der Waals surface area contributed by atoms with E-state index in [0.29, 0.717) is 0 Å². The van der Waals surface area contributed by atoms with Gasteiger partial charge in [-0.2, -0.15) is 0 Å². The molecule has 0 aromatic heterocycles. The summed E-state index contributed by atoms with van der Waals surface area (Å²) >= 11 is 1.95. The van der Waals surface area contributed by atoms with E-state index in [1.807, 2.05) is 22.6 Å². The second-order valence-electron chi connectivity index (χ2n) is 3.24. The number of rotatable bonds is 5. The van der Waals surface area contributed by atoms with Gasteiger partial charge < -0.3 is 9.84 Å². The Bertz CT molecular complexity index is 262. The number of hydrogen-bond donors (Lipinski definition) is 1. The number of hydrogen-bond acceptors (Lipinski definition) is 4. The first kappa shape index (κ1) is 14.6. The molecule has 0 heterocycles. The predicted molar refractivity (Wildman–Crippen MR) is 64.5 cm³/mol. The van der Waals surface area contributed by atoms with E-state index >= 15 is 0 Å². The van der Waals surface area contributed by atoms with Gasteiger partial charge in [-0.3, -0.25) is 9.59 Å². The summed E-state index contributed by atoms with van der Waals surface area (Å²) in [4.78, 5) is 22.8. The molecule has 0 saturated heterocycles. The second kappa shape index (κ2) is 6.95. The van der Waals surface area contributed by atoms with Crippen LogP contribution in [0, 0.1) is 11.8 Å². The average molecular weight is 326 g/mol. The molecule has 3 atom stereocenters. The number of aliphatic hydroxyl groups excluding tert-OH is 1. The van der Waals surface area contributed by atoms with Crippen LogP contribution in [0.1, 0.15) is 13.8 Å². The molecule has 3 unspecified atom stereocenters. The minimum absolute atomic E-state index is 0.316. The third kappa shape index (κ3) is 4.29. The normalized spacial score (nSPS) is 17.1. The maximum absolute atomic E-state index is 11.7. The lowest BCUT2D eigenvalue weighted by molar-refractivity contribution is -0.150. The van der Waals surface area contributed by atoms with Crippen LogP contribution in [-0.4, -0.2) is 30.1 Å². The summed E-state index contributed by atoms with van der Waals surface area (Å²) in [6.45, 7) is 3.06. The Morgan fingerprint density at radius 1 is 1.40 bits per heavy atom. The first-order valence-corrected chi connectivity index (χ1v) is 5.76. The molecular weight excluding hydrogens is 311 g/mol. The summed E-state index contributed by atoms with van der Waals surface area (Å²) in [6, 6.07) is 0. The average Bonchev–Trinajstić information content (AvgIpc) is 2.25. The zero-order valence-electron chi connectivity index (χ0n) is 8.94. The number of ether oxygens (including phenoxy) is 1. The largest absolute Gasteiger partial charge is 0.468 e. The lowest BCUT2D eigenvalue weighted by atomic mass is 9.91. The van der Waals surface area contributed by atoms with E-state index in [0.717, 1.165) is 0 Å². The Morgan fingerprint density at radius 3 is 2.33 bits per heavy atom. The quantitative estimate of drug-likeness (QED) is 0.470. The zero-order valence-corrected chi connectivity index (χ0v) is 11.1. The van der Waals surface area contributed by atoms with E-state index < -0.39 is 23.9 Å². The SMILES string of the molecule is COC(=O)C(C)C(=O)C(C)C(O)/C=C\I. The van der Waals surface area contributed by atoms with Gasteiger partial charge >= 0.3 is 5.97 Å². The molecule has 0 aromatic rings. The molecule has 0 aliphatic heterocycles. The van der Waals surface area contributed by atoms with Crippen molar-refractivity contribution in [2.45, 2.75) is 20.0 Å². The van der Waals surface area contributed by atoms with Crippen LogP contribution in [0.2, 0.25) is 0 Å². The molecule has 0 aliphatic carbocycles. The summed E-state index contributed by atoms with van der Waals surface area (Å²) in [7, 11) is 1.23. The van der Waals surface area contributed by atoms with Crippen molar-refractivity contribution in [1.29, 1.82) is 0 Å². The molecule has 0 rings (SSSR count). The van der Waals surface area contributed by atoms with Crippen molar-refractivity contribution >= 4 is 34.3 Å². The van der Waals surface area contributed by atoms with Crippen LogP contribution in [0.4, 0.5) is 0 Å². The standard InChI is InChI=1S/C10H15IO4/c1-6(8(12)4-5-11)9(13)7(2)10(14)15-3/h4-8,12H,1-3H3/b5-4-. The van der Waals surface area contributed by atoms with Crippen molar-refractivity contribution in [2.75, 3.05) is 7.11 Å². The Kier molecular flexibility index (Phi) is 6.75. The highest BCUT2D eigenvalue weighted by Crippen LogP contribution is 2.14. The van der Waals surface area contributed by atoms with Crippen molar-refractivity contribution in [3.8, 4) is 0 Å². The first-order chi connectivity index (χ1) is 6.95. The Balaban J connectivity index is 4.50. The molecule has 0 amide bonds. The van der Waals surface area contributed by atoms with Crippen molar-refractivity contribution in [2.24, 2.45) is 11.8 Å². The summed E-state index contributed by atoms with van der Waals surface area (Å²) in [5.74, 6) is -2.33. The third-order valence-corrected chi connectivity index (χ3v) is 2.63. The van der Waals surface area contributed by atoms with Gasteiger partial charge in [0.25, 0.3) is 0 Å². The molecule has 86 valence electrons. The van der Waals surface area contributed by atoms with Gasteiger partial charge in [0.2, 0.25) is 0 Å². The van der Waals surface area contributed by atoms with E-state index in [1.54, 1.807) is 11.0 Å². The molecule has 5 heteroatoms. The topological polar surface area (TPSA) is 63.6 Å². The minimum atomic E-state index is -0.860. The first-order valence-electron chi connectivity index (χ1n) is 4.52. The van der Waals surface area contributed by atoms with E-state index in [2.05, 4.69) is 4.74 Å². The Hall–Kier alpha value is -0.430. The van der Waals surface area contributed by atoms with E-state index in [-0.39, 0.29) is 5.78 Å². The van der Waals surface area contributed by atoms with Gasteiger partial charge in [-0.05, 0) is 17.1 Å². The van der Waals surface area contributed by atoms with Gasteiger partial charge in [-0.15, -0.1) is 0 Å². The van der Waals surface area contributed by atoms with Crippen LogP contribution >= 0.6 is 22.6 Å². The predicted octanol–water partition coefficient (Wildman–Crippen LogP) is 1.31. The number of carbonyl (C=O) groups is 2. The molecule has 0 saturated carbocycles. The molecule has 0 bridgehead atoms. The highest BCUT2D eigenvalue weighted by molar-refractivity contribution is 14.1. The molecule has 0 aliphatic rings. The molecule has 1 N–H and O–H groups in total. The van der Waals surface area contributed by atoms with Gasteiger partial charge in [0, 0.05) is 5.92 Å². The number of carbonyl (C=O) groups excluding carboxylic acids is 2. The van der Waals surface area contributed by atoms with Crippen LogP contribution in [0.3, 0.4) is 0 Å². The van der Waals surface area contributed by atoms with Crippen LogP contribution in [-0.2, 0) is 14.3 Å². The molecule has 4 nitrogen and oxygen atoms in total. The number of methoxy groups -OCH3 is 1. The van der Waals surface area contributed by atoms with Gasteiger partial charge in [-0.25, -0.2) is 0 Å². The summed E-state index contributed by atoms with van der Waals surface area (Å²) in [5, 5.41) is 9.53. The Morgan fingerprint density at radius 2 is 1.93 bits per heavy atom. The van der Waals surface area contributed by atoms with Gasteiger partial charge in [-0.1, -0.05) is 29.5 Å². The Labute approximate surface area is 103 Å². The van der Waals surface area contributed by atoms with E-state index in [9.17, 15) is 14.7 Å². The number of Topliss-reactive ketones (excluding diaryl/α,β-unsaturated/α-hetero) is 1. The van der Waals surface area contributed by atoms with Crippen molar-refractivity contribution in [3.63, 3.8) is 0 Å². The van der Waals surface area contributed by atoms with E-state index in [1.165, 1.54) is 20.1 Å². The molecular formula is C10H15IO4. The van der Waals surface area contributed by atoms with Crippen LogP contribution in [0.15, 0.2) is 10.2 Å². The van der Waals surface area contributed by atoms with Crippen LogP contribution in [0.5, 0.6) is 0 Å². The maximum Gasteiger partial charge on any atom is 0.315 e. The van der Waals surface area contributed by atoms with Crippen molar-refractivity contribution in [3.05, 3.63) is 10.2 Å². The molecule has 0 radical (unpaired) electrons. The van der Waals surface area contributed by atoms with Gasteiger partial charge in [0.05, 0.1) is 13.2 Å². The number of ketones is 1. The number of aliphatic hydroxyl groups is 1. The smallest absolute Gasteiger partial charge is 0.315 e. The summed E-state index contributed by atoms with van der Waals surface area (Å²) < 4.78 is 6.10. The van der Waals surface area contributed by atoms with Crippen LogP contribution in [0.25, 0.3) is 0 Å². The van der Waals surface area contributed by atoms with Crippen molar-refractivity contribution < 1.29 is 19.4 Å². The fourth-order valence-electron chi connectivity index (χ4n) is 1.10. The molecule has 0 aromatic carbocycles. The summed E-state index contributed by atoms with van der Waals surface area (Å²) in [5.41, 5.74) is 0. The zero-order chi connectivity index (χ0) is 12.0. The fourth-order valence-corrected chi connectivity index (χ4v) is 1.52. The highest BCUT2D eigenvalue weighted by atomic mass is 127. The van der Waals surface area contributed by atoms with Crippen LogP contribution < -0.4 is 0 Å². The number of halogens is 1. The van der Waals surface area contributed by atoms with Crippen molar-refractivity contribution in [1.82, 2.24) is 0 Å². The van der Waals surface area contributed by atoms with Gasteiger partial charge in [0.15, 0.2) is 5.78 Å². The highest BCUT2D eigenvalue weighted by Gasteiger charge is 2.29. The molecule has 0 spiro atoms. The second-order valence-corrected chi connectivity index (χ2v) is 3.96. The van der Waals surface area contributed by atoms with Gasteiger partial charge in [0.1, 0.15) is 5.92 Å². The lowest BCUT2D eigenvalue weighted by Gasteiger charge is -2.17. The summed E-state index contributed by atoms with van der Waals surface area (Å²) in [6.07, 6.45) is 0.647. The third-order valence-electron chi connectivity index (χ3n) is 2.21. The molecule has 15 heavy (non-hydrogen) atoms. The van der Waals surface area contributed by atoms with E-state index in [4.69, 9.17) is 0 Å². The fraction of sp³-hybridized carbons (Fsp3) is 0.600. The maximum atomic E-state index is 11.7. The lowest BCUT2D eigenvalue weighted by Crippen LogP contribution is -2.32. The monoisotopic (exact) mass is 326 g/mol. The molecule has 0 fully saturated rings. The number of esters is 1. The minimum Gasteiger partial charge on any atom is -0.468 e.